The monoisotopic (exact) mass is 266 g/mol. The van der Waals surface area contributed by atoms with Gasteiger partial charge in [0.25, 0.3) is 0 Å². The molecule has 2 nitrogen and oxygen atoms in total. The second-order valence-corrected chi connectivity index (χ2v) is 7.25. The van der Waals surface area contributed by atoms with Crippen LogP contribution >= 0.6 is 0 Å². The van der Waals surface area contributed by atoms with Gasteiger partial charge in [-0.05, 0) is 57.9 Å². The van der Waals surface area contributed by atoms with Gasteiger partial charge in [-0.25, -0.2) is 0 Å². The van der Waals surface area contributed by atoms with E-state index in [9.17, 15) is 0 Å². The Balaban J connectivity index is 1.71. The molecule has 0 aromatic heterocycles. The molecule has 2 aliphatic carbocycles. The van der Waals surface area contributed by atoms with Crippen molar-refractivity contribution in [2.24, 2.45) is 5.92 Å². The molecule has 2 aliphatic rings. The third-order valence-corrected chi connectivity index (χ3v) is 4.74. The van der Waals surface area contributed by atoms with Gasteiger partial charge < -0.3 is 5.32 Å². The zero-order valence-corrected chi connectivity index (χ0v) is 13.3. The number of rotatable bonds is 9. The maximum atomic E-state index is 3.64. The Morgan fingerprint density at radius 3 is 2.32 bits per heavy atom. The van der Waals surface area contributed by atoms with Crippen LogP contribution in [-0.4, -0.2) is 36.1 Å². The first-order chi connectivity index (χ1) is 9.16. The Hall–Kier alpha value is -0.0800. The van der Waals surface area contributed by atoms with E-state index in [4.69, 9.17) is 0 Å². The summed E-state index contributed by atoms with van der Waals surface area (Å²) in [6.45, 7) is 9.71. The molecular formula is C17H34N2. The van der Waals surface area contributed by atoms with Crippen LogP contribution < -0.4 is 5.32 Å². The van der Waals surface area contributed by atoms with Gasteiger partial charge in [-0.15, -0.1) is 0 Å². The summed E-state index contributed by atoms with van der Waals surface area (Å²) in [5, 5.41) is 3.64. The second-order valence-electron chi connectivity index (χ2n) is 7.25. The van der Waals surface area contributed by atoms with Crippen LogP contribution in [0.15, 0.2) is 0 Å². The van der Waals surface area contributed by atoms with Crippen molar-refractivity contribution in [2.75, 3.05) is 13.1 Å². The highest BCUT2D eigenvalue weighted by molar-refractivity contribution is 4.83. The topological polar surface area (TPSA) is 15.3 Å². The maximum Gasteiger partial charge on any atom is 0.00981 e. The molecule has 0 heterocycles. The highest BCUT2D eigenvalue weighted by Gasteiger charge is 2.26. The van der Waals surface area contributed by atoms with Gasteiger partial charge in [0.15, 0.2) is 0 Å². The molecule has 0 aromatic rings. The van der Waals surface area contributed by atoms with Crippen molar-refractivity contribution in [1.82, 2.24) is 10.2 Å². The van der Waals surface area contributed by atoms with Gasteiger partial charge in [-0.3, -0.25) is 4.90 Å². The first-order valence-electron chi connectivity index (χ1n) is 8.66. The van der Waals surface area contributed by atoms with Gasteiger partial charge in [0.1, 0.15) is 0 Å². The average molecular weight is 266 g/mol. The van der Waals surface area contributed by atoms with E-state index in [1.165, 1.54) is 64.5 Å². The fourth-order valence-electron chi connectivity index (χ4n) is 3.50. The van der Waals surface area contributed by atoms with Crippen molar-refractivity contribution in [2.45, 2.75) is 90.3 Å². The lowest BCUT2D eigenvalue weighted by Crippen LogP contribution is -2.43. The van der Waals surface area contributed by atoms with E-state index in [2.05, 4.69) is 31.0 Å². The summed E-state index contributed by atoms with van der Waals surface area (Å²) in [7, 11) is 0. The van der Waals surface area contributed by atoms with E-state index in [1.54, 1.807) is 0 Å². The van der Waals surface area contributed by atoms with Crippen LogP contribution in [0.4, 0.5) is 0 Å². The lowest BCUT2D eigenvalue weighted by Gasteiger charge is -2.36. The van der Waals surface area contributed by atoms with Crippen LogP contribution in [0.2, 0.25) is 0 Å². The van der Waals surface area contributed by atoms with E-state index in [1.807, 2.05) is 0 Å². The average Bonchev–Trinajstić information content (AvgIpc) is 3.03. The van der Waals surface area contributed by atoms with Gasteiger partial charge >= 0.3 is 0 Å². The molecule has 0 amide bonds. The highest BCUT2D eigenvalue weighted by Crippen LogP contribution is 2.27. The van der Waals surface area contributed by atoms with E-state index in [0.717, 1.165) is 24.0 Å². The minimum Gasteiger partial charge on any atom is -0.314 e. The molecule has 2 fully saturated rings. The number of hydrogen-bond donors (Lipinski definition) is 1. The van der Waals surface area contributed by atoms with Crippen LogP contribution in [0.3, 0.4) is 0 Å². The predicted octanol–water partition coefficient (Wildman–Crippen LogP) is 3.81. The minimum absolute atomic E-state index is 0.770. The molecule has 2 rings (SSSR count). The van der Waals surface area contributed by atoms with Gasteiger partial charge in [0.05, 0.1) is 0 Å². The molecule has 1 atom stereocenters. The summed E-state index contributed by atoms with van der Waals surface area (Å²) in [5.41, 5.74) is 0. The van der Waals surface area contributed by atoms with Crippen molar-refractivity contribution in [3.05, 3.63) is 0 Å². The van der Waals surface area contributed by atoms with Gasteiger partial charge in [0, 0.05) is 24.7 Å². The molecule has 0 aromatic carbocycles. The summed E-state index contributed by atoms with van der Waals surface area (Å²) in [6, 6.07) is 2.53. The summed E-state index contributed by atoms with van der Waals surface area (Å²) < 4.78 is 0. The van der Waals surface area contributed by atoms with Crippen LogP contribution in [-0.2, 0) is 0 Å². The largest absolute Gasteiger partial charge is 0.314 e. The van der Waals surface area contributed by atoms with Crippen molar-refractivity contribution >= 4 is 0 Å². The lowest BCUT2D eigenvalue weighted by atomic mass is 10.0. The summed E-state index contributed by atoms with van der Waals surface area (Å²) in [4.78, 5) is 2.83. The fourth-order valence-corrected chi connectivity index (χ4v) is 3.50. The van der Waals surface area contributed by atoms with E-state index < -0.39 is 0 Å². The molecule has 1 unspecified atom stereocenters. The molecule has 0 bridgehead atoms. The quantitative estimate of drug-likeness (QED) is 0.638. The van der Waals surface area contributed by atoms with E-state index in [0.29, 0.717) is 0 Å². The number of nitrogens with one attached hydrogen (secondary N) is 1. The molecule has 0 saturated heterocycles. The zero-order chi connectivity index (χ0) is 13.7. The fraction of sp³-hybridized carbons (Fsp3) is 1.00. The Kier molecular flexibility index (Phi) is 6.15. The minimum atomic E-state index is 0.770. The van der Waals surface area contributed by atoms with E-state index >= 15 is 0 Å². The number of hydrogen-bond acceptors (Lipinski definition) is 2. The molecule has 112 valence electrons. The SMILES string of the molecule is CC(C)CN(C(C)CCCNC1CC1)C1CCCC1. The third-order valence-electron chi connectivity index (χ3n) is 4.74. The smallest absolute Gasteiger partial charge is 0.00981 e. The first kappa shape index (κ1) is 15.3. The first-order valence-corrected chi connectivity index (χ1v) is 8.66. The van der Waals surface area contributed by atoms with Crippen LogP contribution in [0.1, 0.15) is 72.1 Å². The summed E-state index contributed by atoms with van der Waals surface area (Å²) in [6.07, 6.45) is 11.3. The predicted molar refractivity (Wildman–Crippen MR) is 83.5 cm³/mol. The lowest BCUT2D eigenvalue weighted by molar-refractivity contribution is 0.120. The van der Waals surface area contributed by atoms with Gasteiger partial charge in [0.2, 0.25) is 0 Å². The standard InChI is InChI=1S/C17H34N2/c1-14(2)13-19(17-8-4-5-9-17)15(3)7-6-12-18-16-10-11-16/h14-18H,4-13H2,1-3H3. The number of nitrogens with zero attached hydrogens (tertiary/aromatic N) is 1. The second kappa shape index (κ2) is 7.64. The Bertz CT molecular complexity index is 242. The molecule has 0 radical (unpaired) electrons. The third kappa shape index (κ3) is 5.43. The molecular weight excluding hydrogens is 232 g/mol. The molecule has 1 N–H and O–H groups in total. The Morgan fingerprint density at radius 1 is 1.05 bits per heavy atom. The van der Waals surface area contributed by atoms with Crippen molar-refractivity contribution in [3.63, 3.8) is 0 Å². The summed E-state index contributed by atoms with van der Waals surface area (Å²) >= 11 is 0. The van der Waals surface area contributed by atoms with Gasteiger partial charge in [-0.2, -0.15) is 0 Å². The molecule has 0 aliphatic heterocycles. The van der Waals surface area contributed by atoms with Crippen LogP contribution in [0, 0.1) is 5.92 Å². The highest BCUT2D eigenvalue weighted by atomic mass is 15.2. The molecule has 2 saturated carbocycles. The Labute approximate surface area is 120 Å². The van der Waals surface area contributed by atoms with Gasteiger partial charge in [-0.1, -0.05) is 26.7 Å². The van der Waals surface area contributed by atoms with Crippen molar-refractivity contribution in [1.29, 1.82) is 0 Å². The maximum absolute atomic E-state index is 3.64. The molecule has 0 spiro atoms. The van der Waals surface area contributed by atoms with Crippen molar-refractivity contribution < 1.29 is 0 Å². The van der Waals surface area contributed by atoms with E-state index in [-0.39, 0.29) is 0 Å². The molecule has 2 heteroatoms. The summed E-state index contributed by atoms with van der Waals surface area (Å²) in [5.74, 6) is 0.799. The Morgan fingerprint density at radius 2 is 1.74 bits per heavy atom. The molecule has 19 heavy (non-hydrogen) atoms. The van der Waals surface area contributed by atoms with Crippen LogP contribution in [0.25, 0.3) is 0 Å². The normalized spacial score (nSPS) is 22.6. The van der Waals surface area contributed by atoms with Crippen LogP contribution in [0.5, 0.6) is 0 Å². The zero-order valence-electron chi connectivity index (χ0n) is 13.3. The van der Waals surface area contributed by atoms with Crippen molar-refractivity contribution in [3.8, 4) is 0 Å².